The lowest BCUT2D eigenvalue weighted by atomic mass is 9.49. The quantitative estimate of drug-likeness (QED) is 0.197. The van der Waals surface area contributed by atoms with Gasteiger partial charge in [-0.05, 0) is 118 Å². The molecule has 4 nitrogen and oxygen atoms in total. The van der Waals surface area contributed by atoms with E-state index in [1.807, 2.05) is 20.8 Å². The van der Waals surface area contributed by atoms with Crippen molar-refractivity contribution < 1.29 is 13.6 Å². The highest BCUT2D eigenvalue weighted by atomic mass is 19.1. The maximum absolute atomic E-state index is 13.0. The molecule has 8 atom stereocenters. The van der Waals surface area contributed by atoms with Crippen molar-refractivity contribution in [1.29, 1.82) is 0 Å². The van der Waals surface area contributed by atoms with Gasteiger partial charge in [-0.2, -0.15) is 0 Å². The van der Waals surface area contributed by atoms with E-state index in [9.17, 15) is 13.6 Å². The molecular formula is C30H49F2N3O. The Morgan fingerprint density at radius 3 is 2.44 bits per heavy atom. The molecular weight excluding hydrogens is 456 g/mol. The number of rotatable bonds is 4. The fourth-order valence-electron chi connectivity index (χ4n) is 8.29. The summed E-state index contributed by atoms with van der Waals surface area (Å²) >= 11 is 0. The minimum atomic E-state index is -0.330. The lowest BCUT2D eigenvalue weighted by molar-refractivity contribution is -0.118. The molecule has 0 amide bonds. The molecule has 36 heavy (non-hydrogen) atoms. The number of carbonyl (C=O) groups excluding carboxylic acids is 1. The Labute approximate surface area is 217 Å². The van der Waals surface area contributed by atoms with Gasteiger partial charge < -0.3 is 15.5 Å². The number of nitrogens with zero attached hydrogens (tertiary/aromatic N) is 1. The number of nitrogens with two attached hydrogens (primary N) is 2. The molecule has 4 fully saturated rings. The van der Waals surface area contributed by atoms with E-state index in [4.69, 9.17) is 11.6 Å². The first-order valence-electron chi connectivity index (χ1n) is 14.4. The largest absolute Gasteiger partial charge is 0.397 e. The van der Waals surface area contributed by atoms with Crippen LogP contribution < -0.4 is 16.6 Å². The van der Waals surface area contributed by atoms with Gasteiger partial charge in [0.1, 0.15) is 12.1 Å². The molecule has 0 saturated heterocycles. The molecule has 204 valence electrons. The summed E-state index contributed by atoms with van der Waals surface area (Å²) in [7, 11) is 0. The third kappa shape index (κ3) is 5.74. The van der Waals surface area contributed by atoms with Gasteiger partial charge in [0.05, 0.1) is 18.0 Å². The molecule has 0 heterocycles. The number of aldehydes is 1. The molecule has 5 rings (SSSR count). The van der Waals surface area contributed by atoms with Crippen LogP contribution in [-0.2, 0) is 4.79 Å². The van der Waals surface area contributed by atoms with E-state index in [2.05, 4.69) is 6.92 Å². The van der Waals surface area contributed by atoms with Gasteiger partial charge in [-0.3, -0.25) is 4.39 Å². The molecule has 4 aliphatic rings. The minimum absolute atomic E-state index is 0.0982. The molecule has 0 spiro atoms. The summed E-state index contributed by atoms with van der Waals surface area (Å²) in [6.45, 7) is 8.77. The summed E-state index contributed by atoms with van der Waals surface area (Å²) in [5, 5.41) is 1.40. The van der Waals surface area contributed by atoms with Crippen LogP contribution in [0.5, 0.6) is 0 Å². The number of benzene rings is 1. The second-order valence-corrected chi connectivity index (χ2v) is 11.6. The fourth-order valence-corrected chi connectivity index (χ4v) is 8.29. The second kappa shape index (κ2) is 12.7. The first kappa shape index (κ1) is 28.9. The summed E-state index contributed by atoms with van der Waals surface area (Å²) < 4.78 is 25.8. The minimum Gasteiger partial charge on any atom is -0.397 e. The Bertz CT molecular complexity index is 851. The summed E-state index contributed by atoms with van der Waals surface area (Å²) in [6.07, 6.45) is 12.5. The van der Waals surface area contributed by atoms with Crippen LogP contribution in [0.4, 0.5) is 20.2 Å². The second-order valence-electron chi connectivity index (χ2n) is 11.6. The van der Waals surface area contributed by atoms with Gasteiger partial charge in [-0.1, -0.05) is 20.8 Å². The molecule has 4 saturated carbocycles. The lowest BCUT2D eigenvalue weighted by Crippen LogP contribution is -2.48. The Kier molecular flexibility index (Phi) is 10.2. The van der Waals surface area contributed by atoms with E-state index in [1.54, 1.807) is 0 Å². The van der Waals surface area contributed by atoms with E-state index in [0.717, 1.165) is 48.9 Å². The van der Waals surface area contributed by atoms with Crippen LogP contribution in [0.25, 0.3) is 0 Å². The fraction of sp³-hybridized carbons (Fsp3) is 0.767. The molecule has 1 aromatic carbocycles. The Hall–Kier alpha value is -1.69. The Morgan fingerprint density at radius 1 is 1.06 bits per heavy atom. The summed E-state index contributed by atoms with van der Waals surface area (Å²) in [6, 6.07) is 4.13. The van der Waals surface area contributed by atoms with E-state index in [-0.39, 0.29) is 12.5 Å². The number of hydrogen-bond donors (Lipinski definition) is 2. The number of carbonyl (C=O) groups is 1. The highest BCUT2D eigenvalue weighted by Crippen LogP contribution is 2.64. The maximum Gasteiger partial charge on any atom is 0.125 e. The highest BCUT2D eigenvalue weighted by molar-refractivity contribution is 5.66. The van der Waals surface area contributed by atoms with Crippen molar-refractivity contribution in [3.63, 3.8) is 0 Å². The third-order valence-corrected chi connectivity index (χ3v) is 10.2. The van der Waals surface area contributed by atoms with E-state index in [1.165, 1.54) is 68.0 Å². The number of hydrogen-bond acceptors (Lipinski definition) is 4. The van der Waals surface area contributed by atoms with E-state index < -0.39 is 0 Å². The van der Waals surface area contributed by atoms with Crippen LogP contribution >= 0.6 is 0 Å². The Balaban J connectivity index is 0.000000220. The first-order chi connectivity index (χ1) is 17.3. The summed E-state index contributed by atoms with van der Waals surface area (Å²) in [5.74, 6) is 10.1. The number of fused-ring (bicyclic) bond motifs is 5. The molecule has 1 aromatic rings. The molecule has 0 radical (unpaired) electrons. The van der Waals surface area contributed by atoms with Crippen molar-refractivity contribution in [3.8, 4) is 0 Å². The predicted octanol–water partition coefficient (Wildman–Crippen LogP) is 7.17. The molecule has 6 heteroatoms. The van der Waals surface area contributed by atoms with Crippen LogP contribution in [0.15, 0.2) is 18.2 Å². The number of hydrazine groups is 1. The number of alkyl halides is 1. The highest BCUT2D eigenvalue weighted by Gasteiger charge is 2.56. The molecule has 0 aromatic heterocycles. The van der Waals surface area contributed by atoms with Crippen molar-refractivity contribution in [1.82, 2.24) is 0 Å². The van der Waals surface area contributed by atoms with Gasteiger partial charge >= 0.3 is 0 Å². The van der Waals surface area contributed by atoms with Crippen molar-refractivity contribution >= 4 is 17.7 Å². The van der Waals surface area contributed by atoms with Crippen LogP contribution in [0, 0.1) is 52.7 Å². The SMILES string of the molecule is CC.CC12CCC3C4CCC(CF)CC4CCC3C1CCC2C=O.CCN(N)c1cc(F)ccc1N. The molecule has 4 N–H and O–H groups in total. The number of nitrogen functional groups attached to an aromatic ring is 1. The third-order valence-electron chi connectivity index (χ3n) is 10.2. The van der Waals surface area contributed by atoms with Crippen molar-refractivity contribution in [2.24, 2.45) is 52.7 Å². The first-order valence-corrected chi connectivity index (χ1v) is 14.4. The van der Waals surface area contributed by atoms with Crippen LogP contribution in [0.3, 0.4) is 0 Å². The zero-order valence-electron chi connectivity index (χ0n) is 22.9. The van der Waals surface area contributed by atoms with Crippen LogP contribution in [-0.4, -0.2) is 19.5 Å². The molecule has 0 bridgehead atoms. The van der Waals surface area contributed by atoms with Crippen molar-refractivity contribution in [2.75, 3.05) is 24.0 Å². The van der Waals surface area contributed by atoms with Gasteiger partial charge in [-0.25, -0.2) is 10.2 Å². The standard InChI is InChI=1S/C20H31FO.C8H12FN3.C2H6/c1-20-9-8-17-16-5-2-13(11-21)10-14(16)3-6-18(17)19(20)7-4-15(20)12-22;1-2-12(11)8-5-6(9)3-4-7(8)10;1-2/h12-19H,2-11H2,1H3;3-5H,2,10-11H2,1H3;1-2H3. The number of halogens is 2. The van der Waals surface area contributed by atoms with Gasteiger partial charge in [0.2, 0.25) is 0 Å². The molecule has 4 aliphatic carbocycles. The lowest BCUT2D eigenvalue weighted by Gasteiger charge is -2.56. The van der Waals surface area contributed by atoms with Crippen molar-refractivity contribution in [3.05, 3.63) is 24.0 Å². The van der Waals surface area contributed by atoms with Crippen LogP contribution in [0.2, 0.25) is 0 Å². The Morgan fingerprint density at radius 2 is 1.78 bits per heavy atom. The molecule has 0 aliphatic heterocycles. The zero-order valence-corrected chi connectivity index (χ0v) is 22.9. The number of anilines is 2. The van der Waals surface area contributed by atoms with Gasteiger partial charge in [-0.15, -0.1) is 0 Å². The smallest absolute Gasteiger partial charge is 0.125 e. The van der Waals surface area contributed by atoms with Crippen LogP contribution in [0.1, 0.15) is 85.5 Å². The van der Waals surface area contributed by atoms with Crippen molar-refractivity contribution in [2.45, 2.75) is 85.5 Å². The van der Waals surface area contributed by atoms with E-state index in [0.29, 0.717) is 35.2 Å². The topological polar surface area (TPSA) is 72.3 Å². The average Bonchev–Trinajstić information content (AvgIpc) is 3.26. The van der Waals surface area contributed by atoms with E-state index >= 15 is 0 Å². The van der Waals surface area contributed by atoms with Gasteiger partial charge in [0.15, 0.2) is 0 Å². The predicted molar refractivity (Wildman–Crippen MR) is 145 cm³/mol. The molecule has 8 unspecified atom stereocenters. The average molecular weight is 506 g/mol. The van der Waals surface area contributed by atoms with Gasteiger partial charge in [0.25, 0.3) is 0 Å². The van der Waals surface area contributed by atoms with Gasteiger partial charge in [0, 0.05) is 18.5 Å². The summed E-state index contributed by atoms with van der Waals surface area (Å²) in [4.78, 5) is 11.5. The monoisotopic (exact) mass is 505 g/mol. The zero-order chi connectivity index (χ0) is 26.5. The normalized spacial score (nSPS) is 36.6. The maximum atomic E-state index is 13.0. The summed E-state index contributed by atoms with van der Waals surface area (Å²) in [5.41, 5.74) is 6.89.